The summed E-state index contributed by atoms with van der Waals surface area (Å²) in [6, 6.07) is 17.8. The Morgan fingerprint density at radius 1 is 0.963 bits per heavy atom. The average molecular weight is 386 g/mol. The van der Waals surface area contributed by atoms with Crippen molar-refractivity contribution in [3.63, 3.8) is 0 Å². The zero-order valence-electron chi connectivity index (χ0n) is 16.6. The van der Waals surface area contributed by atoms with Crippen molar-refractivity contribution in [2.45, 2.75) is 25.2 Å². The normalized spacial score (nSPS) is 13.7. The molecule has 2 aromatic rings. The molecule has 0 aliphatic rings. The fraction of sp³-hybridized carbons (Fsp3) is 0.333. The molecule has 0 saturated heterocycles. The molecule has 6 heteroatoms. The Morgan fingerprint density at radius 2 is 1.48 bits per heavy atom. The smallest absolute Gasteiger partial charge is 0.268 e. The van der Waals surface area contributed by atoms with Gasteiger partial charge in [0.05, 0.1) is 0 Å². The first kappa shape index (κ1) is 21.0. The minimum Gasteiger partial charge on any atom is -0.394 e. The molecule has 144 valence electrons. The van der Waals surface area contributed by atoms with E-state index in [0.717, 1.165) is 0 Å². The summed E-state index contributed by atoms with van der Waals surface area (Å²) in [6.07, 6.45) is 0. The van der Waals surface area contributed by atoms with E-state index in [2.05, 4.69) is 0 Å². The van der Waals surface area contributed by atoms with Crippen LogP contribution in [0.25, 0.3) is 0 Å². The minimum absolute atomic E-state index is 0.0601. The van der Waals surface area contributed by atoms with Gasteiger partial charge in [-0.15, -0.1) is 0 Å². The maximum atomic E-state index is 13.7. The number of ether oxygens (including phenoxy) is 1. The van der Waals surface area contributed by atoms with E-state index >= 15 is 0 Å². The highest BCUT2D eigenvalue weighted by Gasteiger charge is 2.52. The van der Waals surface area contributed by atoms with Crippen molar-refractivity contribution in [3.8, 4) is 0 Å². The van der Waals surface area contributed by atoms with E-state index in [9.17, 15) is 9.59 Å². The van der Waals surface area contributed by atoms with E-state index in [-0.39, 0.29) is 12.5 Å². The van der Waals surface area contributed by atoms with Crippen molar-refractivity contribution < 1.29 is 18.8 Å². The molecule has 0 aromatic heterocycles. The van der Waals surface area contributed by atoms with Gasteiger partial charge in [-0.05, 0) is 19.6 Å². The van der Waals surface area contributed by atoms with Gasteiger partial charge in [0.25, 0.3) is 5.91 Å². The Kier molecular flexibility index (Phi) is 6.70. The molecule has 1 unspecified atom stereocenters. The number of benzene rings is 2. The van der Waals surface area contributed by atoms with Gasteiger partial charge >= 0.3 is 0 Å². The number of carbonyl (C=O) groups is 2. The van der Waals surface area contributed by atoms with E-state index in [1.54, 1.807) is 55.6 Å². The largest absolute Gasteiger partial charge is 0.394 e. The lowest BCUT2D eigenvalue weighted by Crippen LogP contribution is -2.56. The molecule has 5 nitrogen and oxygen atoms in total. The molecule has 0 N–H and O–H groups in total. The van der Waals surface area contributed by atoms with Gasteiger partial charge < -0.3 is 14.1 Å². The lowest BCUT2D eigenvalue weighted by molar-refractivity contribution is -0.148. The first-order chi connectivity index (χ1) is 12.7. The molecule has 2 rings (SSSR count). The van der Waals surface area contributed by atoms with Crippen LogP contribution in [0.1, 0.15) is 15.9 Å². The predicted molar refractivity (Wildman–Crippen MR) is 108 cm³/mol. The number of amides is 1. The van der Waals surface area contributed by atoms with Gasteiger partial charge in [-0.2, -0.15) is 0 Å². The highest BCUT2D eigenvalue weighted by molar-refractivity contribution is 6.70. The summed E-state index contributed by atoms with van der Waals surface area (Å²) in [6.45, 7) is 5.95. The van der Waals surface area contributed by atoms with Gasteiger partial charge in [-0.3, -0.25) is 9.59 Å². The van der Waals surface area contributed by atoms with Crippen LogP contribution in [0.2, 0.25) is 19.6 Å². The summed E-state index contributed by atoms with van der Waals surface area (Å²) in [5, 5.41) is 0. The molecule has 0 saturated carbocycles. The van der Waals surface area contributed by atoms with Crippen LogP contribution in [0.3, 0.4) is 0 Å². The molecular weight excluding hydrogens is 358 g/mol. The summed E-state index contributed by atoms with van der Waals surface area (Å²) in [7, 11) is 0.801. The third kappa shape index (κ3) is 4.71. The number of ketones is 1. The maximum absolute atomic E-state index is 13.7. The number of hydrogen-bond donors (Lipinski definition) is 0. The van der Waals surface area contributed by atoms with Crippen LogP contribution < -0.4 is 0 Å². The summed E-state index contributed by atoms with van der Waals surface area (Å²) in [4.78, 5) is 28.7. The van der Waals surface area contributed by atoms with E-state index in [4.69, 9.17) is 9.16 Å². The van der Waals surface area contributed by atoms with Crippen molar-refractivity contribution in [2.75, 3.05) is 20.9 Å². The molecule has 0 aliphatic carbocycles. The fourth-order valence-corrected chi connectivity index (χ4v) is 4.16. The molecule has 2 aromatic carbocycles. The molecular formula is C21H27NO4Si. The van der Waals surface area contributed by atoms with Crippen molar-refractivity contribution in [1.82, 2.24) is 4.90 Å². The Hall–Kier alpha value is -2.28. The van der Waals surface area contributed by atoms with Crippen molar-refractivity contribution in [2.24, 2.45) is 0 Å². The topological polar surface area (TPSA) is 55.8 Å². The quantitative estimate of drug-likeness (QED) is 0.301. The van der Waals surface area contributed by atoms with E-state index in [1.165, 1.54) is 12.0 Å². The second-order valence-corrected chi connectivity index (χ2v) is 11.8. The molecule has 1 amide bonds. The highest BCUT2D eigenvalue weighted by atomic mass is 28.4. The third-order valence-electron chi connectivity index (χ3n) is 3.97. The van der Waals surface area contributed by atoms with Crippen LogP contribution in [0.5, 0.6) is 0 Å². The second kappa shape index (κ2) is 8.60. The van der Waals surface area contributed by atoms with Crippen LogP contribution in [-0.2, 0) is 19.6 Å². The van der Waals surface area contributed by atoms with E-state index in [0.29, 0.717) is 11.1 Å². The van der Waals surface area contributed by atoms with Crippen LogP contribution >= 0.6 is 0 Å². The summed E-state index contributed by atoms with van der Waals surface area (Å²) >= 11 is 0. The number of rotatable bonds is 8. The molecule has 0 fully saturated rings. The van der Waals surface area contributed by atoms with Crippen molar-refractivity contribution >= 4 is 20.0 Å². The lowest BCUT2D eigenvalue weighted by atomic mass is 9.84. The number of hydrogen-bond acceptors (Lipinski definition) is 4. The van der Waals surface area contributed by atoms with Crippen molar-refractivity contribution in [3.05, 3.63) is 71.8 Å². The SMILES string of the molecule is COCN(C)C(=O)C(O[Si](C)(C)C)(C(=O)c1ccccc1)c1ccccc1. The maximum Gasteiger partial charge on any atom is 0.268 e. The van der Waals surface area contributed by atoms with E-state index in [1.807, 2.05) is 31.8 Å². The molecule has 1 atom stereocenters. The second-order valence-electron chi connectivity index (χ2n) is 7.38. The third-order valence-corrected chi connectivity index (χ3v) is 4.88. The number of Topliss-reactive ketones (excluding diaryl/α,β-unsaturated/α-hetero) is 1. The summed E-state index contributed by atoms with van der Waals surface area (Å²) in [5.41, 5.74) is -0.798. The van der Waals surface area contributed by atoms with Crippen LogP contribution in [0.4, 0.5) is 0 Å². The van der Waals surface area contributed by atoms with Gasteiger partial charge in [-0.25, -0.2) is 0 Å². The fourth-order valence-electron chi connectivity index (χ4n) is 2.95. The number of carbonyl (C=O) groups excluding carboxylic acids is 2. The first-order valence-corrected chi connectivity index (χ1v) is 12.2. The minimum atomic E-state index is -2.31. The highest BCUT2D eigenvalue weighted by Crippen LogP contribution is 2.35. The number of nitrogens with zero attached hydrogens (tertiary/aromatic N) is 1. The summed E-state index contributed by atoms with van der Waals surface area (Å²) < 4.78 is 11.5. The molecule has 0 heterocycles. The van der Waals surface area contributed by atoms with Gasteiger partial charge in [-0.1, -0.05) is 60.7 Å². The van der Waals surface area contributed by atoms with Gasteiger partial charge in [0.15, 0.2) is 8.32 Å². The predicted octanol–water partition coefficient (Wildman–Crippen LogP) is 3.68. The first-order valence-electron chi connectivity index (χ1n) is 8.82. The summed E-state index contributed by atoms with van der Waals surface area (Å²) in [5.74, 6) is -0.809. The standard InChI is InChI=1S/C21H27NO4Si/c1-22(16-25-2)20(24)21(26-27(3,4)5,18-14-10-7-11-15-18)19(23)17-12-8-6-9-13-17/h6-15H,16H2,1-5H3. The molecule has 0 bridgehead atoms. The zero-order chi connectivity index (χ0) is 20.1. The van der Waals surface area contributed by atoms with Crippen LogP contribution in [0.15, 0.2) is 60.7 Å². The average Bonchev–Trinajstić information content (AvgIpc) is 2.66. The van der Waals surface area contributed by atoms with Gasteiger partial charge in [0, 0.05) is 25.3 Å². The van der Waals surface area contributed by atoms with E-state index < -0.39 is 19.8 Å². The van der Waals surface area contributed by atoms with Crippen molar-refractivity contribution in [1.29, 1.82) is 0 Å². The molecule has 0 radical (unpaired) electrons. The van der Waals surface area contributed by atoms with Gasteiger partial charge in [0.1, 0.15) is 6.73 Å². The Balaban J connectivity index is 2.73. The van der Waals surface area contributed by atoms with Crippen LogP contribution in [0, 0.1) is 0 Å². The zero-order valence-corrected chi connectivity index (χ0v) is 17.6. The van der Waals surface area contributed by atoms with Crippen LogP contribution in [-0.4, -0.2) is 45.8 Å². The number of methoxy groups -OCH3 is 1. The molecule has 27 heavy (non-hydrogen) atoms. The lowest BCUT2D eigenvalue weighted by Gasteiger charge is -2.39. The Morgan fingerprint density at radius 3 is 1.96 bits per heavy atom. The Bertz CT molecular complexity index is 774. The van der Waals surface area contributed by atoms with Gasteiger partial charge in [0.2, 0.25) is 11.4 Å². The Labute approximate surface area is 162 Å². The molecule has 0 aliphatic heterocycles. The monoisotopic (exact) mass is 385 g/mol. The molecule has 0 spiro atoms. The number of likely N-dealkylation sites (N-methyl/N-ethyl adjacent to an activating group) is 1.